The van der Waals surface area contributed by atoms with Crippen LogP contribution < -0.4 is 0 Å². The maximum Gasteiger partial charge on any atom is 0.323 e. The number of hydroxylamine groups is 2. The van der Waals surface area contributed by atoms with Gasteiger partial charge in [-0.15, -0.1) is 22.4 Å². The summed E-state index contributed by atoms with van der Waals surface area (Å²) in [6, 6.07) is -0.579. The number of terminal acetylenes is 1. The fourth-order valence-corrected chi connectivity index (χ4v) is 3.55. The van der Waals surface area contributed by atoms with E-state index in [9.17, 15) is 9.90 Å². The van der Waals surface area contributed by atoms with Crippen molar-refractivity contribution in [3.63, 3.8) is 0 Å². The first-order chi connectivity index (χ1) is 13.3. The highest BCUT2D eigenvalue weighted by Gasteiger charge is 2.29. The lowest BCUT2D eigenvalue weighted by Gasteiger charge is -2.19. The van der Waals surface area contributed by atoms with Crippen molar-refractivity contribution in [2.45, 2.75) is 109 Å². The number of carboxylic acid groups (broad SMARTS) is 1. The molecule has 1 saturated heterocycles. The van der Waals surface area contributed by atoms with Gasteiger partial charge in [0.05, 0.1) is 13.2 Å². The number of hydrogen-bond acceptors (Lipinski definition) is 4. The highest BCUT2D eigenvalue weighted by molar-refractivity contribution is 5.73. The lowest BCUT2D eigenvalue weighted by Crippen LogP contribution is -2.38. The van der Waals surface area contributed by atoms with Gasteiger partial charge in [0.25, 0.3) is 0 Å². The molecule has 1 unspecified atom stereocenters. The van der Waals surface area contributed by atoms with Crippen molar-refractivity contribution in [3.05, 3.63) is 0 Å². The van der Waals surface area contributed by atoms with E-state index in [0.29, 0.717) is 19.6 Å². The zero-order valence-electron chi connectivity index (χ0n) is 17.0. The molecule has 0 aromatic heterocycles. The maximum absolute atomic E-state index is 11.3. The molecule has 156 valence electrons. The number of unbranched alkanes of at least 4 members (excludes halogenated alkanes) is 14. The number of rotatable bonds is 18. The zero-order valence-corrected chi connectivity index (χ0v) is 17.0. The van der Waals surface area contributed by atoms with Crippen LogP contribution in [0.2, 0.25) is 0 Å². The normalized spacial score (nSPS) is 15.7. The van der Waals surface area contributed by atoms with Gasteiger partial charge in [-0.3, -0.25) is 4.79 Å². The molecule has 5 heteroatoms. The van der Waals surface area contributed by atoms with E-state index in [4.69, 9.17) is 16.3 Å². The lowest BCUT2D eigenvalue weighted by atomic mass is 10.0. The van der Waals surface area contributed by atoms with Crippen molar-refractivity contribution in [1.29, 1.82) is 0 Å². The summed E-state index contributed by atoms with van der Waals surface area (Å²) >= 11 is 0. The van der Waals surface area contributed by atoms with Gasteiger partial charge in [0.1, 0.15) is 6.04 Å². The van der Waals surface area contributed by atoms with Crippen molar-refractivity contribution in [3.8, 4) is 12.3 Å². The molecule has 1 N–H and O–H groups in total. The molecular weight excluding hydrogens is 342 g/mol. The van der Waals surface area contributed by atoms with Gasteiger partial charge in [-0.05, 0) is 12.8 Å². The summed E-state index contributed by atoms with van der Waals surface area (Å²) in [6.07, 6.45) is 24.5. The van der Waals surface area contributed by atoms with E-state index in [0.717, 1.165) is 19.3 Å². The second-order valence-electron chi connectivity index (χ2n) is 7.58. The molecule has 5 nitrogen and oxygen atoms in total. The Labute approximate surface area is 165 Å². The standard InChI is InChI=1S/C22H39NO4/c1-2-3-4-5-6-7-8-9-10-11-12-13-14-15-16-17-18-21(22(24)25)23-19-20-26-27-23/h1,21H,3-20H2,(H,24,25). The van der Waals surface area contributed by atoms with E-state index in [-0.39, 0.29) is 0 Å². The van der Waals surface area contributed by atoms with Gasteiger partial charge in [-0.1, -0.05) is 83.5 Å². The third kappa shape index (κ3) is 12.8. The number of carboxylic acids is 1. The molecule has 1 fully saturated rings. The third-order valence-corrected chi connectivity index (χ3v) is 5.22. The highest BCUT2D eigenvalue weighted by atomic mass is 17.3. The van der Waals surface area contributed by atoms with E-state index >= 15 is 0 Å². The van der Waals surface area contributed by atoms with Crippen LogP contribution in [0.15, 0.2) is 0 Å². The van der Waals surface area contributed by atoms with Gasteiger partial charge in [-0.2, -0.15) is 0 Å². The molecule has 0 spiro atoms. The Kier molecular flexibility index (Phi) is 15.1. The Hall–Kier alpha value is -1.09. The molecule has 27 heavy (non-hydrogen) atoms. The van der Waals surface area contributed by atoms with Gasteiger partial charge < -0.3 is 5.11 Å². The molecule has 1 atom stereocenters. The molecule has 1 rings (SSSR count). The van der Waals surface area contributed by atoms with Crippen molar-refractivity contribution >= 4 is 5.97 Å². The average Bonchev–Trinajstić information content (AvgIpc) is 3.18. The Morgan fingerprint density at radius 3 is 1.78 bits per heavy atom. The van der Waals surface area contributed by atoms with E-state index in [1.165, 1.54) is 82.1 Å². The number of carbonyl (C=O) groups is 1. The molecular formula is C22H39NO4. The monoisotopic (exact) mass is 381 g/mol. The quantitative estimate of drug-likeness (QED) is 0.193. The highest BCUT2D eigenvalue weighted by Crippen LogP contribution is 2.17. The summed E-state index contributed by atoms with van der Waals surface area (Å²) in [5, 5.41) is 10.7. The Morgan fingerprint density at radius 1 is 0.889 bits per heavy atom. The largest absolute Gasteiger partial charge is 0.480 e. The molecule has 0 aliphatic carbocycles. The first kappa shape index (κ1) is 23.9. The van der Waals surface area contributed by atoms with Crippen LogP contribution in [0.1, 0.15) is 103 Å². The summed E-state index contributed by atoms with van der Waals surface area (Å²) in [4.78, 5) is 21.0. The number of nitrogens with zero attached hydrogens (tertiary/aromatic N) is 1. The SMILES string of the molecule is C#CCCCCCCCCCCCCCCCCC(C(=O)O)N1CCOO1. The van der Waals surface area contributed by atoms with E-state index in [1.807, 2.05) is 0 Å². The van der Waals surface area contributed by atoms with Crippen LogP contribution in [-0.2, 0) is 14.7 Å². The maximum atomic E-state index is 11.3. The predicted molar refractivity (Wildman–Crippen MR) is 108 cm³/mol. The summed E-state index contributed by atoms with van der Waals surface area (Å²) in [6.45, 7) is 0.971. The molecule has 0 bridgehead atoms. The van der Waals surface area contributed by atoms with Crippen molar-refractivity contribution < 1.29 is 19.8 Å². The third-order valence-electron chi connectivity index (χ3n) is 5.22. The molecule has 0 saturated carbocycles. The van der Waals surface area contributed by atoms with Crippen LogP contribution in [0.25, 0.3) is 0 Å². The second kappa shape index (κ2) is 17.0. The van der Waals surface area contributed by atoms with Gasteiger partial charge in [0.15, 0.2) is 0 Å². The zero-order chi connectivity index (χ0) is 19.6. The van der Waals surface area contributed by atoms with E-state index in [2.05, 4.69) is 5.92 Å². The fourth-order valence-electron chi connectivity index (χ4n) is 3.55. The van der Waals surface area contributed by atoms with Crippen LogP contribution >= 0.6 is 0 Å². The van der Waals surface area contributed by atoms with Crippen LogP contribution in [0.5, 0.6) is 0 Å². The molecule has 0 amide bonds. The average molecular weight is 382 g/mol. The van der Waals surface area contributed by atoms with Crippen LogP contribution in [0, 0.1) is 12.3 Å². The summed E-state index contributed by atoms with van der Waals surface area (Å²) in [5.74, 6) is 1.87. The number of hydrogen-bond donors (Lipinski definition) is 1. The van der Waals surface area contributed by atoms with E-state index < -0.39 is 12.0 Å². The second-order valence-corrected chi connectivity index (χ2v) is 7.58. The smallest absolute Gasteiger partial charge is 0.323 e. The predicted octanol–water partition coefficient (Wildman–Crippen LogP) is 5.49. The van der Waals surface area contributed by atoms with E-state index in [1.54, 1.807) is 0 Å². The molecule has 1 aliphatic rings. The fraction of sp³-hybridized carbons (Fsp3) is 0.864. The molecule has 1 heterocycles. The van der Waals surface area contributed by atoms with Crippen LogP contribution in [0.3, 0.4) is 0 Å². The Bertz CT molecular complexity index is 402. The van der Waals surface area contributed by atoms with Gasteiger partial charge in [0.2, 0.25) is 0 Å². The summed E-state index contributed by atoms with van der Waals surface area (Å²) < 4.78 is 0. The van der Waals surface area contributed by atoms with Crippen LogP contribution in [-0.4, -0.2) is 35.3 Å². The minimum absolute atomic E-state index is 0.441. The first-order valence-corrected chi connectivity index (χ1v) is 11.0. The summed E-state index contributed by atoms with van der Waals surface area (Å²) in [7, 11) is 0. The minimum atomic E-state index is -0.826. The van der Waals surface area contributed by atoms with Crippen LogP contribution in [0.4, 0.5) is 0 Å². The topological polar surface area (TPSA) is 59.0 Å². The van der Waals surface area contributed by atoms with Crippen molar-refractivity contribution in [1.82, 2.24) is 5.06 Å². The van der Waals surface area contributed by atoms with Crippen molar-refractivity contribution in [2.75, 3.05) is 13.2 Å². The Morgan fingerprint density at radius 2 is 1.37 bits per heavy atom. The molecule has 1 aliphatic heterocycles. The van der Waals surface area contributed by atoms with Gasteiger partial charge in [0, 0.05) is 6.42 Å². The molecule has 0 radical (unpaired) electrons. The van der Waals surface area contributed by atoms with Gasteiger partial charge >= 0.3 is 5.97 Å². The number of aliphatic carboxylic acids is 1. The minimum Gasteiger partial charge on any atom is -0.480 e. The van der Waals surface area contributed by atoms with Gasteiger partial charge in [-0.25, -0.2) is 4.89 Å². The molecule has 0 aromatic rings. The Balaban J connectivity index is 1.81. The first-order valence-electron chi connectivity index (χ1n) is 11.0. The van der Waals surface area contributed by atoms with Crippen molar-refractivity contribution in [2.24, 2.45) is 0 Å². The molecule has 0 aromatic carbocycles. The summed E-state index contributed by atoms with van der Waals surface area (Å²) in [5.41, 5.74) is 0. The lowest BCUT2D eigenvalue weighted by molar-refractivity contribution is -0.378.